The Kier molecular flexibility index (Phi) is 3.99. The van der Waals surface area contributed by atoms with Gasteiger partial charge in [0.2, 0.25) is 5.91 Å². The molecule has 7 nitrogen and oxygen atoms in total. The van der Waals surface area contributed by atoms with Gasteiger partial charge in [-0.2, -0.15) is 5.26 Å². The van der Waals surface area contributed by atoms with Crippen LogP contribution in [0.15, 0.2) is 18.2 Å². The second-order valence-electron chi connectivity index (χ2n) is 3.25. The van der Waals surface area contributed by atoms with Crippen LogP contribution in [0.3, 0.4) is 0 Å². The average molecular weight is 248 g/mol. The van der Waals surface area contributed by atoms with Crippen LogP contribution >= 0.6 is 0 Å². The fourth-order valence-electron chi connectivity index (χ4n) is 1.23. The summed E-state index contributed by atoms with van der Waals surface area (Å²) in [6, 6.07) is 4.88. The number of carbonyl (C=O) groups excluding carboxylic acids is 1. The van der Waals surface area contributed by atoms with Crippen LogP contribution in [0, 0.1) is 11.3 Å². The molecular formula is C11H8N2O5. The van der Waals surface area contributed by atoms with E-state index in [0.29, 0.717) is 0 Å². The first-order chi connectivity index (χ1) is 8.45. The van der Waals surface area contributed by atoms with Crippen LogP contribution < -0.4 is 5.32 Å². The van der Waals surface area contributed by atoms with Crippen molar-refractivity contribution in [3.8, 4) is 6.07 Å². The topological polar surface area (TPSA) is 127 Å². The normalized spacial score (nSPS) is 9.28. The van der Waals surface area contributed by atoms with Gasteiger partial charge in [0.1, 0.15) is 6.42 Å². The summed E-state index contributed by atoms with van der Waals surface area (Å²) >= 11 is 0. The average Bonchev–Trinajstić information content (AvgIpc) is 2.29. The molecule has 0 saturated carbocycles. The minimum atomic E-state index is -1.37. The van der Waals surface area contributed by atoms with Crippen molar-refractivity contribution >= 4 is 23.5 Å². The second kappa shape index (κ2) is 5.45. The molecule has 0 aliphatic carbocycles. The van der Waals surface area contributed by atoms with E-state index in [1.807, 2.05) is 0 Å². The van der Waals surface area contributed by atoms with Gasteiger partial charge in [-0.1, -0.05) is 0 Å². The third-order valence-electron chi connectivity index (χ3n) is 2.01. The Bertz CT molecular complexity index is 559. The standard InChI is InChI=1S/C11H8N2O5/c12-4-3-9(14)13-8-2-1-6(10(15)16)5-7(8)11(17)18/h1-2,5H,3H2,(H,13,14)(H,15,16)(H,17,18). The van der Waals surface area contributed by atoms with Crippen molar-refractivity contribution in [2.75, 3.05) is 5.32 Å². The summed E-state index contributed by atoms with van der Waals surface area (Å²) in [7, 11) is 0. The first-order valence-electron chi connectivity index (χ1n) is 4.73. The van der Waals surface area contributed by atoms with E-state index < -0.39 is 24.3 Å². The number of hydrogen-bond acceptors (Lipinski definition) is 4. The molecule has 0 bridgehead atoms. The Morgan fingerprint density at radius 2 is 1.89 bits per heavy atom. The molecule has 0 heterocycles. The summed E-state index contributed by atoms with van der Waals surface area (Å²) < 4.78 is 0. The number of amides is 1. The Morgan fingerprint density at radius 3 is 2.39 bits per heavy atom. The number of carboxylic acids is 2. The lowest BCUT2D eigenvalue weighted by Crippen LogP contribution is -2.14. The first kappa shape index (κ1) is 13.2. The van der Waals surface area contributed by atoms with Gasteiger partial charge in [0, 0.05) is 0 Å². The predicted octanol–water partition coefficient (Wildman–Crippen LogP) is 0.935. The summed E-state index contributed by atoms with van der Waals surface area (Å²) in [5.74, 6) is -3.30. The SMILES string of the molecule is N#CCC(=O)Nc1ccc(C(=O)O)cc1C(=O)O. The number of hydrogen-bond donors (Lipinski definition) is 3. The van der Waals surface area contributed by atoms with Crippen LogP contribution in [0.5, 0.6) is 0 Å². The summed E-state index contributed by atoms with van der Waals surface area (Å²) in [5, 5.41) is 28.2. The number of benzene rings is 1. The van der Waals surface area contributed by atoms with Crippen LogP contribution in [-0.4, -0.2) is 28.1 Å². The third kappa shape index (κ3) is 3.05. The van der Waals surface area contributed by atoms with Crippen molar-refractivity contribution in [1.82, 2.24) is 0 Å². The maximum atomic E-state index is 11.2. The molecule has 0 aliphatic heterocycles. The quantitative estimate of drug-likeness (QED) is 0.727. The number of carboxylic acid groups (broad SMARTS) is 2. The van der Waals surface area contributed by atoms with Crippen LogP contribution in [0.25, 0.3) is 0 Å². The molecule has 1 aromatic rings. The van der Waals surface area contributed by atoms with E-state index >= 15 is 0 Å². The fraction of sp³-hybridized carbons (Fsp3) is 0.0909. The molecule has 0 atom stereocenters. The first-order valence-corrected chi connectivity index (χ1v) is 4.73. The minimum Gasteiger partial charge on any atom is -0.478 e. The lowest BCUT2D eigenvalue weighted by atomic mass is 10.1. The predicted molar refractivity (Wildman–Crippen MR) is 59.2 cm³/mol. The lowest BCUT2D eigenvalue weighted by Gasteiger charge is -2.07. The molecule has 1 amide bonds. The van der Waals surface area contributed by atoms with E-state index in [0.717, 1.165) is 12.1 Å². The van der Waals surface area contributed by atoms with Gasteiger partial charge >= 0.3 is 11.9 Å². The highest BCUT2D eigenvalue weighted by molar-refractivity contribution is 6.03. The lowest BCUT2D eigenvalue weighted by molar-refractivity contribution is -0.115. The summed E-state index contributed by atoms with van der Waals surface area (Å²) in [6.45, 7) is 0. The highest BCUT2D eigenvalue weighted by atomic mass is 16.4. The maximum absolute atomic E-state index is 11.2. The molecule has 7 heteroatoms. The van der Waals surface area contributed by atoms with E-state index in [1.54, 1.807) is 6.07 Å². The monoisotopic (exact) mass is 248 g/mol. The number of carbonyl (C=O) groups is 3. The van der Waals surface area contributed by atoms with Crippen molar-refractivity contribution in [1.29, 1.82) is 5.26 Å². The molecule has 0 aliphatic rings. The van der Waals surface area contributed by atoms with Gasteiger partial charge in [0.15, 0.2) is 0 Å². The Balaban J connectivity index is 3.12. The van der Waals surface area contributed by atoms with Crippen LogP contribution in [0.1, 0.15) is 27.1 Å². The number of nitrogens with zero attached hydrogens (tertiary/aromatic N) is 1. The molecule has 0 spiro atoms. The molecule has 3 N–H and O–H groups in total. The van der Waals surface area contributed by atoms with Crippen LogP contribution in [0.4, 0.5) is 5.69 Å². The van der Waals surface area contributed by atoms with Crippen molar-refractivity contribution in [3.05, 3.63) is 29.3 Å². The van der Waals surface area contributed by atoms with Crippen molar-refractivity contribution < 1.29 is 24.6 Å². The number of rotatable bonds is 4. The van der Waals surface area contributed by atoms with Gasteiger partial charge in [-0.15, -0.1) is 0 Å². The van der Waals surface area contributed by atoms with Gasteiger partial charge in [0.25, 0.3) is 0 Å². The smallest absolute Gasteiger partial charge is 0.337 e. The highest BCUT2D eigenvalue weighted by Gasteiger charge is 2.15. The minimum absolute atomic E-state index is 0.0484. The van der Waals surface area contributed by atoms with E-state index in [4.69, 9.17) is 15.5 Å². The molecule has 92 valence electrons. The fourth-order valence-corrected chi connectivity index (χ4v) is 1.23. The van der Waals surface area contributed by atoms with Gasteiger partial charge in [-0.05, 0) is 18.2 Å². The van der Waals surface area contributed by atoms with E-state index in [1.165, 1.54) is 6.07 Å². The molecule has 0 radical (unpaired) electrons. The van der Waals surface area contributed by atoms with Crippen LogP contribution in [-0.2, 0) is 4.79 Å². The van der Waals surface area contributed by atoms with Gasteiger partial charge in [0.05, 0.1) is 22.9 Å². The van der Waals surface area contributed by atoms with E-state index in [2.05, 4.69) is 5.32 Å². The molecule has 18 heavy (non-hydrogen) atoms. The molecule has 1 rings (SSSR count). The summed E-state index contributed by atoms with van der Waals surface area (Å²) in [5.41, 5.74) is -0.598. The summed E-state index contributed by atoms with van der Waals surface area (Å²) in [4.78, 5) is 32.8. The Morgan fingerprint density at radius 1 is 1.22 bits per heavy atom. The zero-order valence-corrected chi connectivity index (χ0v) is 9.01. The zero-order chi connectivity index (χ0) is 13.7. The van der Waals surface area contributed by atoms with Crippen molar-refractivity contribution in [2.45, 2.75) is 6.42 Å². The van der Waals surface area contributed by atoms with Gasteiger partial charge in [-0.25, -0.2) is 9.59 Å². The molecule has 0 saturated heterocycles. The number of nitrogens with one attached hydrogen (secondary N) is 1. The highest BCUT2D eigenvalue weighted by Crippen LogP contribution is 2.18. The largest absolute Gasteiger partial charge is 0.478 e. The summed E-state index contributed by atoms with van der Waals surface area (Å²) in [6.07, 6.45) is -0.417. The molecule has 0 fully saturated rings. The van der Waals surface area contributed by atoms with E-state index in [9.17, 15) is 14.4 Å². The van der Waals surface area contributed by atoms with Crippen LogP contribution in [0.2, 0.25) is 0 Å². The van der Waals surface area contributed by atoms with Crippen molar-refractivity contribution in [2.24, 2.45) is 0 Å². The Hall–Kier alpha value is -2.88. The zero-order valence-electron chi connectivity index (χ0n) is 9.01. The molecule has 0 unspecified atom stereocenters. The second-order valence-corrected chi connectivity index (χ2v) is 3.25. The molecule has 1 aromatic carbocycles. The maximum Gasteiger partial charge on any atom is 0.337 e. The van der Waals surface area contributed by atoms with Gasteiger partial charge in [-0.3, -0.25) is 4.79 Å². The number of anilines is 1. The van der Waals surface area contributed by atoms with E-state index in [-0.39, 0.29) is 16.8 Å². The number of nitriles is 1. The van der Waals surface area contributed by atoms with Crippen molar-refractivity contribution in [3.63, 3.8) is 0 Å². The Labute approximate surface area is 101 Å². The third-order valence-corrected chi connectivity index (χ3v) is 2.01. The van der Waals surface area contributed by atoms with Gasteiger partial charge < -0.3 is 15.5 Å². The molecule has 0 aromatic heterocycles. The molecular weight excluding hydrogens is 240 g/mol. The number of aromatic carboxylic acids is 2.